The third-order valence-electron chi connectivity index (χ3n) is 5.42. The number of carbonyl (C=O) groups is 1. The predicted octanol–water partition coefficient (Wildman–Crippen LogP) is 4.10. The molecule has 1 N–H and O–H groups in total. The summed E-state index contributed by atoms with van der Waals surface area (Å²) in [5.74, 6) is 0.472. The Morgan fingerprint density at radius 1 is 1.24 bits per heavy atom. The molecule has 2 aliphatic rings. The van der Waals surface area contributed by atoms with Crippen LogP contribution in [0.5, 0.6) is 0 Å². The zero-order chi connectivity index (χ0) is 17.2. The minimum absolute atomic E-state index is 0.213. The highest BCUT2D eigenvalue weighted by Gasteiger charge is 2.25. The summed E-state index contributed by atoms with van der Waals surface area (Å²) in [5.41, 5.74) is 0.861. The van der Waals surface area contributed by atoms with Crippen LogP contribution in [-0.2, 0) is 4.79 Å². The van der Waals surface area contributed by atoms with E-state index < -0.39 is 0 Å². The van der Waals surface area contributed by atoms with E-state index in [0.717, 1.165) is 54.1 Å². The van der Waals surface area contributed by atoms with Crippen molar-refractivity contribution in [1.29, 1.82) is 0 Å². The Hall–Kier alpha value is -1.69. The summed E-state index contributed by atoms with van der Waals surface area (Å²) >= 11 is 1.55. The summed E-state index contributed by atoms with van der Waals surface area (Å²) in [6.45, 7) is 1.84. The molecule has 1 amide bonds. The number of halogens is 1. The van der Waals surface area contributed by atoms with Gasteiger partial charge in [-0.15, -0.1) is 0 Å². The Morgan fingerprint density at radius 2 is 2.00 bits per heavy atom. The van der Waals surface area contributed by atoms with E-state index in [1.807, 2.05) is 0 Å². The van der Waals surface area contributed by atoms with Gasteiger partial charge in [-0.3, -0.25) is 4.79 Å². The van der Waals surface area contributed by atoms with E-state index >= 15 is 0 Å². The van der Waals surface area contributed by atoms with E-state index in [1.165, 1.54) is 18.9 Å². The second-order valence-electron chi connectivity index (χ2n) is 7.29. The van der Waals surface area contributed by atoms with Crippen molar-refractivity contribution in [2.45, 2.75) is 51.0 Å². The number of nitrogens with zero attached hydrogens (tertiary/aromatic N) is 2. The number of hydrogen-bond acceptors (Lipinski definition) is 4. The maximum atomic E-state index is 13.3. The van der Waals surface area contributed by atoms with Gasteiger partial charge in [0.2, 0.25) is 5.91 Å². The first-order chi connectivity index (χ1) is 12.2. The first-order valence-corrected chi connectivity index (χ1v) is 10.1. The minimum atomic E-state index is -0.213. The third-order valence-corrected chi connectivity index (χ3v) is 6.50. The van der Waals surface area contributed by atoms with E-state index in [4.69, 9.17) is 0 Å². The number of benzene rings is 1. The van der Waals surface area contributed by atoms with Crippen molar-refractivity contribution in [3.05, 3.63) is 24.0 Å². The van der Waals surface area contributed by atoms with Crippen LogP contribution in [0.1, 0.15) is 44.9 Å². The fourth-order valence-corrected chi connectivity index (χ4v) is 5.01. The molecule has 0 unspecified atom stereocenters. The molecular formula is C19H24FN3OS. The molecule has 0 bridgehead atoms. The van der Waals surface area contributed by atoms with Gasteiger partial charge in [-0.2, -0.15) is 0 Å². The molecule has 2 heterocycles. The Morgan fingerprint density at radius 3 is 2.76 bits per heavy atom. The molecule has 2 aromatic rings. The number of hydrogen-bond donors (Lipinski definition) is 1. The molecule has 25 heavy (non-hydrogen) atoms. The highest BCUT2D eigenvalue weighted by Crippen LogP contribution is 2.32. The number of thiazole rings is 1. The molecule has 1 aliphatic carbocycles. The lowest BCUT2D eigenvalue weighted by Crippen LogP contribution is -2.38. The number of anilines is 1. The topological polar surface area (TPSA) is 45.2 Å². The lowest BCUT2D eigenvalue weighted by molar-refractivity contribution is -0.122. The number of carbonyl (C=O) groups excluding carboxylic acids is 1. The molecular weight excluding hydrogens is 337 g/mol. The number of rotatable bonds is 4. The SMILES string of the molecule is O=C(CC1CCN(c2nc3ccc(F)cc3s2)CC1)NC1CCCC1. The van der Waals surface area contributed by atoms with Gasteiger partial charge in [0.1, 0.15) is 5.82 Å². The molecule has 1 aliphatic heterocycles. The number of aromatic nitrogens is 1. The molecule has 6 heteroatoms. The van der Waals surface area contributed by atoms with Crippen LogP contribution in [-0.4, -0.2) is 30.0 Å². The summed E-state index contributed by atoms with van der Waals surface area (Å²) in [6, 6.07) is 5.17. The number of piperidine rings is 1. The van der Waals surface area contributed by atoms with E-state index in [-0.39, 0.29) is 11.7 Å². The van der Waals surface area contributed by atoms with Gasteiger partial charge in [0.25, 0.3) is 0 Å². The van der Waals surface area contributed by atoms with E-state index in [9.17, 15) is 9.18 Å². The average molecular weight is 361 g/mol. The van der Waals surface area contributed by atoms with Crippen molar-refractivity contribution >= 4 is 32.6 Å². The summed E-state index contributed by atoms with van der Waals surface area (Å²) in [4.78, 5) is 19.1. The summed E-state index contributed by atoms with van der Waals surface area (Å²) in [7, 11) is 0. The Balaban J connectivity index is 1.30. The largest absolute Gasteiger partial charge is 0.353 e. The summed E-state index contributed by atoms with van der Waals surface area (Å²) < 4.78 is 14.2. The van der Waals surface area contributed by atoms with Crippen LogP contribution in [0, 0.1) is 11.7 Å². The molecule has 0 spiro atoms. The molecule has 134 valence electrons. The molecule has 1 aromatic heterocycles. The quantitative estimate of drug-likeness (QED) is 0.892. The van der Waals surface area contributed by atoms with Gasteiger partial charge in [0.05, 0.1) is 10.2 Å². The Labute approximate surface area is 151 Å². The molecule has 1 saturated heterocycles. The summed E-state index contributed by atoms with van der Waals surface area (Å²) in [5, 5.41) is 4.16. The molecule has 1 aromatic carbocycles. The fraction of sp³-hybridized carbons (Fsp3) is 0.579. The maximum Gasteiger partial charge on any atom is 0.220 e. The van der Waals surface area contributed by atoms with Gasteiger partial charge in [-0.1, -0.05) is 24.2 Å². The number of fused-ring (bicyclic) bond motifs is 1. The molecule has 0 atom stereocenters. The van der Waals surface area contributed by atoms with Crippen molar-refractivity contribution in [2.75, 3.05) is 18.0 Å². The maximum absolute atomic E-state index is 13.3. The van der Waals surface area contributed by atoms with Gasteiger partial charge in [0.15, 0.2) is 5.13 Å². The van der Waals surface area contributed by atoms with Crippen LogP contribution in [0.2, 0.25) is 0 Å². The third kappa shape index (κ3) is 3.94. The lowest BCUT2D eigenvalue weighted by atomic mass is 9.93. The zero-order valence-electron chi connectivity index (χ0n) is 14.3. The second kappa shape index (κ2) is 7.28. The second-order valence-corrected chi connectivity index (χ2v) is 8.30. The first-order valence-electron chi connectivity index (χ1n) is 9.28. The first kappa shape index (κ1) is 16.8. The predicted molar refractivity (Wildman–Crippen MR) is 99.5 cm³/mol. The van der Waals surface area contributed by atoms with Gasteiger partial charge in [-0.25, -0.2) is 9.37 Å². The summed E-state index contributed by atoms with van der Waals surface area (Å²) in [6.07, 6.45) is 7.45. The van der Waals surface area contributed by atoms with Crippen LogP contribution in [0.25, 0.3) is 10.2 Å². The number of nitrogens with one attached hydrogen (secondary N) is 1. The average Bonchev–Trinajstić information content (AvgIpc) is 3.24. The fourth-order valence-electron chi connectivity index (χ4n) is 3.97. The van der Waals surface area contributed by atoms with Crippen molar-refractivity contribution in [2.24, 2.45) is 5.92 Å². The van der Waals surface area contributed by atoms with Crippen LogP contribution >= 0.6 is 11.3 Å². The van der Waals surface area contributed by atoms with Crippen LogP contribution in [0.15, 0.2) is 18.2 Å². The van der Waals surface area contributed by atoms with Gasteiger partial charge in [-0.05, 0) is 49.8 Å². The molecule has 0 radical (unpaired) electrons. The smallest absolute Gasteiger partial charge is 0.220 e. The normalized spacial score (nSPS) is 19.6. The molecule has 1 saturated carbocycles. The van der Waals surface area contributed by atoms with Gasteiger partial charge in [0, 0.05) is 25.6 Å². The zero-order valence-corrected chi connectivity index (χ0v) is 15.2. The Kier molecular flexibility index (Phi) is 4.88. The van der Waals surface area contributed by atoms with Crippen molar-refractivity contribution < 1.29 is 9.18 Å². The molecule has 2 fully saturated rings. The highest BCUT2D eigenvalue weighted by atomic mass is 32.1. The Bertz CT molecular complexity index is 748. The van der Waals surface area contributed by atoms with E-state index in [2.05, 4.69) is 15.2 Å². The monoisotopic (exact) mass is 361 g/mol. The van der Waals surface area contributed by atoms with Crippen molar-refractivity contribution in [3.8, 4) is 0 Å². The highest BCUT2D eigenvalue weighted by molar-refractivity contribution is 7.22. The molecule has 4 nitrogen and oxygen atoms in total. The number of amides is 1. The van der Waals surface area contributed by atoms with Crippen LogP contribution < -0.4 is 10.2 Å². The van der Waals surface area contributed by atoms with E-state index in [1.54, 1.807) is 23.5 Å². The van der Waals surface area contributed by atoms with Crippen molar-refractivity contribution in [3.63, 3.8) is 0 Å². The lowest BCUT2D eigenvalue weighted by Gasteiger charge is -2.31. The minimum Gasteiger partial charge on any atom is -0.353 e. The molecule has 4 rings (SSSR count). The van der Waals surface area contributed by atoms with Crippen LogP contribution in [0.3, 0.4) is 0 Å². The van der Waals surface area contributed by atoms with Gasteiger partial charge < -0.3 is 10.2 Å². The van der Waals surface area contributed by atoms with Gasteiger partial charge >= 0.3 is 0 Å². The standard InChI is InChI=1S/C19H24FN3OS/c20-14-5-6-16-17(12-14)25-19(22-16)23-9-7-13(8-10-23)11-18(24)21-15-3-1-2-4-15/h5-6,12-13,15H,1-4,7-11H2,(H,21,24). The van der Waals surface area contributed by atoms with Crippen LogP contribution in [0.4, 0.5) is 9.52 Å². The van der Waals surface area contributed by atoms with Crippen molar-refractivity contribution in [1.82, 2.24) is 10.3 Å². The van der Waals surface area contributed by atoms with E-state index in [0.29, 0.717) is 18.4 Å².